The minimum atomic E-state index is -0.821. The molecule has 0 radical (unpaired) electrons. The van der Waals surface area contributed by atoms with Crippen LogP contribution >= 0.6 is 0 Å². The van der Waals surface area contributed by atoms with Gasteiger partial charge in [-0.3, -0.25) is 5.43 Å². The van der Waals surface area contributed by atoms with Crippen molar-refractivity contribution in [1.82, 2.24) is 10.7 Å². The second-order valence-electron chi connectivity index (χ2n) is 3.04. The van der Waals surface area contributed by atoms with Crippen molar-refractivity contribution in [3.8, 4) is 0 Å². The van der Waals surface area contributed by atoms with E-state index >= 15 is 0 Å². The smallest absolute Gasteiger partial charge is 0.404 e. The Balaban J connectivity index is 3.87. The highest BCUT2D eigenvalue weighted by molar-refractivity contribution is 5.79. The van der Waals surface area contributed by atoms with Gasteiger partial charge in [0, 0.05) is 13.2 Å². The number of nitrogens with two attached hydrogens (primary N) is 2. The molecule has 0 aromatic rings. The topological polar surface area (TPSA) is 124 Å². The molecule has 0 fully saturated rings. The molecule has 0 aliphatic carbocycles. The summed E-state index contributed by atoms with van der Waals surface area (Å²) in [5, 5.41) is 2.97. The summed E-state index contributed by atoms with van der Waals surface area (Å²) in [6.07, 6.45) is -0.821. The second-order valence-corrected chi connectivity index (χ2v) is 3.04. The zero-order valence-corrected chi connectivity index (χ0v) is 9.53. The Morgan fingerprint density at radius 2 is 2.25 bits per heavy atom. The lowest BCUT2D eigenvalue weighted by Crippen LogP contribution is -2.47. The molecule has 8 nitrogen and oxygen atoms in total. The molecule has 0 aromatic carbocycles. The molecule has 16 heavy (non-hydrogen) atoms. The summed E-state index contributed by atoms with van der Waals surface area (Å²) in [5.41, 5.74) is 7.17. The fourth-order valence-corrected chi connectivity index (χ4v) is 0.962. The van der Waals surface area contributed by atoms with Gasteiger partial charge >= 0.3 is 6.09 Å². The van der Waals surface area contributed by atoms with Crippen LogP contribution in [0, 0.1) is 0 Å². The van der Waals surface area contributed by atoms with Gasteiger partial charge in [-0.25, -0.2) is 15.6 Å². The number of ether oxygens (including phenoxy) is 2. The van der Waals surface area contributed by atoms with Crippen molar-refractivity contribution in [2.75, 3.05) is 26.9 Å². The highest BCUT2D eigenvalue weighted by atomic mass is 16.5. The van der Waals surface area contributed by atoms with Crippen LogP contribution in [-0.2, 0) is 9.47 Å². The van der Waals surface area contributed by atoms with Crippen molar-refractivity contribution in [2.45, 2.75) is 13.0 Å². The number of methoxy groups -OCH3 is 1. The third-order valence-electron chi connectivity index (χ3n) is 1.54. The van der Waals surface area contributed by atoms with Crippen molar-refractivity contribution in [2.24, 2.45) is 16.6 Å². The zero-order chi connectivity index (χ0) is 12.4. The van der Waals surface area contributed by atoms with Crippen LogP contribution in [-0.4, -0.2) is 45.0 Å². The van der Waals surface area contributed by atoms with Crippen LogP contribution in [0.15, 0.2) is 4.99 Å². The maximum absolute atomic E-state index is 10.3. The van der Waals surface area contributed by atoms with E-state index in [0.717, 1.165) is 0 Å². The highest BCUT2D eigenvalue weighted by Crippen LogP contribution is 1.83. The number of guanidine groups is 1. The SMILES string of the molecule is COCC(C)NC(=NCCOC(N)=O)NN. The molecule has 0 saturated heterocycles. The summed E-state index contributed by atoms with van der Waals surface area (Å²) in [4.78, 5) is 14.3. The number of amides is 1. The summed E-state index contributed by atoms with van der Waals surface area (Å²) < 4.78 is 9.43. The lowest BCUT2D eigenvalue weighted by molar-refractivity contribution is 0.160. The summed E-state index contributed by atoms with van der Waals surface area (Å²) >= 11 is 0. The number of hydrogen-bond donors (Lipinski definition) is 4. The number of rotatable bonds is 6. The van der Waals surface area contributed by atoms with Gasteiger partial charge in [0.15, 0.2) is 0 Å². The van der Waals surface area contributed by atoms with E-state index in [1.165, 1.54) is 0 Å². The molecule has 1 atom stereocenters. The molecule has 1 amide bonds. The zero-order valence-electron chi connectivity index (χ0n) is 9.53. The minimum absolute atomic E-state index is 0.0665. The van der Waals surface area contributed by atoms with E-state index in [0.29, 0.717) is 12.6 Å². The number of nitrogens with zero attached hydrogens (tertiary/aromatic N) is 1. The standard InChI is InChI=1S/C8H19N5O3/c1-6(5-15-2)12-8(13-10)11-3-4-16-7(9)14/h6H,3-5,10H2,1-2H3,(H2,9,14)(H2,11,12,13). The lowest BCUT2D eigenvalue weighted by Gasteiger charge is -2.15. The fourth-order valence-electron chi connectivity index (χ4n) is 0.962. The lowest BCUT2D eigenvalue weighted by atomic mass is 10.4. The number of carbonyl (C=O) groups is 1. The average Bonchev–Trinajstić information content (AvgIpc) is 2.22. The molecular formula is C8H19N5O3. The van der Waals surface area contributed by atoms with Gasteiger partial charge in [-0.2, -0.15) is 0 Å². The van der Waals surface area contributed by atoms with E-state index in [4.69, 9.17) is 16.3 Å². The van der Waals surface area contributed by atoms with Gasteiger partial charge in [0.25, 0.3) is 0 Å². The van der Waals surface area contributed by atoms with Gasteiger partial charge in [-0.1, -0.05) is 0 Å². The van der Waals surface area contributed by atoms with Crippen molar-refractivity contribution >= 4 is 12.1 Å². The molecule has 0 rings (SSSR count). The highest BCUT2D eigenvalue weighted by Gasteiger charge is 2.03. The summed E-state index contributed by atoms with van der Waals surface area (Å²) in [6.45, 7) is 2.82. The molecule has 0 saturated carbocycles. The Morgan fingerprint density at radius 1 is 1.56 bits per heavy atom. The minimum Gasteiger partial charge on any atom is -0.448 e. The van der Waals surface area contributed by atoms with Crippen molar-refractivity contribution in [3.05, 3.63) is 0 Å². The molecule has 0 spiro atoms. The van der Waals surface area contributed by atoms with Gasteiger partial charge in [0.2, 0.25) is 5.96 Å². The summed E-state index contributed by atoms with van der Waals surface area (Å²) in [5.74, 6) is 5.64. The monoisotopic (exact) mass is 233 g/mol. The molecule has 0 aromatic heterocycles. The van der Waals surface area contributed by atoms with Gasteiger partial charge in [0.1, 0.15) is 6.61 Å². The Morgan fingerprint density at radius 3 is 2.75 bits per heavy atom. The van der Waals surface area contributed by atoms with Gasteiger partial charge in [-0.05, 0) is 6.92 Å². The van der Waals surface area contributed by atoms with Crippen LogP contribution in [0.1, 0.15) is 6.92 Å². The molecule has 6 N–H and O–H groups in total. The number of nitrogens with one attached hydrogen (secondary N) is 2. The van der Waals surface area contributed by atoms with E-state index in [-0.39, 0.29) is 19.2 Å². The third-order valence-corrected chi connectivity index (χ3v) is 1.54. The Hall–Kier alpha value is -1.54. The Kier molecular flexibility index (Phi) is 7.90. The molecule has 0 bridgehead atoms. The average molecular weight is 233 g/mol. The molecular weight excluding hydrogens is 214 g/mol. The first-order valence-electron chi connectivity index (χ1n) is 4.79. The van der Waals surface area contributed by atoms with Gasteiger partial charge in [-0.15, -0.1) is 0 Å². The van der Waals surface area contributed by atoms with E-state index in [9.17, 15) is 4.79 Å². The van der Waals surface area contributed by atoms with Crippen LogP contribution < -0.4 is 22.3 Å². The predicted molar refractivity (Wildman–Crippen MR) is 59.6 cm³/mol. The fraction of sp³-hybridized carbons (Fsp3) is 0.750. The van der Waals surface area contributed by atoms with Crippen LogP contribution in [0.2, 0.25) is 0 Å². The molecule has 0 heterocycles. The molecule has 8 heteroatoms. The molecule has 0 aliphatic heterocycles. The third kappa shape index (κ3) is 7.83. The number of primary amides is 1. The van der Waals surface area contributed by atoms with E-state index in [1.807, 2.05) is 6.92 Å². The van der Waals surface area contributed by atoms with Crippen LogP contribution in [0.25, 0.3) is 0 Å². The maximum Gasteiger partial charge on any atom is 0.404 e. The van der Waals surface area contributed by atoms with Crippen LogP contribution in [0.4, 0.5) is 4.79 Å². The quantitative estimate of drug-likeness (QED) is 0.146. The van der Waals surface area contributed by atoms with Crippen LogP contribution in [0.3, 0.4) is 0 Å². The molecule has 1 unspecified atom stereocenters. The van der Waals surface area contributed by atoms with Crippen molar-refractivity contribution < 1.29 is 14.3 Å². The summed E-state index contributed by atoms with van der Waals surface area (Å²) in [7, 11) is 1.60. The predicted octanol–water partition coefficient (Wildman–Crippen LogP) is -1.47. The first-order chi connectivity index (χ1) is 7.60. The first kappa shape index (κ1) is 14.5. The van der Waals surface area contributed by atoms with Crippen molar-refractivity contribution in [1.29, 1.82) is 0 Å². The normalized spacial score (nSPS) is 13.1. The van der Waals surface area contributed by atoms with E-state index in [1.54, 1.807) is 7.11 Å². The van der Waals surface area contributed by atoms with Gasteiger partial charge in [0.05, 0.1) is 13.2 Å². The molecule has 0 aliphatic rings. The first-order valence-corrected chi connectivity index (χ1v) is 4.79. The second kappa shape index (κ2) is 8.74. The van der Waals surface area contributed by atoms with E-state index < -0.39 is 6.09 Å². The van der Waals surface area contributed by atoms with E-state index in [2.05, 4.69) is 20.5 Å². The number of hydrazine groups is 1. The number of carbonyl (C=O) groups excluding carboxylic acids is 1. The number of hydrogen-bond acceptors (Lipinski definition) is 5. The Labute approximate surface area is 94.3 Å². The number of aliphatic imine (C=N–C) groups is 1. The maximum atomic E-state index is 10.3. The molecule has 94 valence electrons. The largest absolute Gasteiger partial charge is 0.448 e. The van der Waals surface area contributed by atoms with Crippen molar-refractivity contribution in [3.63, 3.8) is 0 Å². The van der Waals surface area contributed by atoms with Gasteiger partial charge < -0.3 is 20.5 Å². The Bertz CT molecular complexity index is 234. The summed E-state index contributed by atoms with van der Waals surface area (Å²) in [6, 6.07) is 0.0665. The van der Waals surface area contributed by atoms with Crippen LogP contribution in [0.5, 0.6) is 0 Å².